The number of halogens is 1. The molecule has 0 unspecified atom stereocenters. The predicted molar refractivity (Wildman–Crippen MR) is 104 cm³/mol. The van der Waals surface area contributed by atoms with E-state index in [1.165, 1.54) is 11.9 Å². The summed E-state index contributed by atoms with van der Waals surface area (Å²) in [6, 6.07) is 10.3. The summed E-state index contributed by atoms with van der Waals surface area (Å²) in [7, 11) is 1.53. The van der Waals surface area contributed by atoms with Gasteiger partial charge in [0, 0.05) is 19.0 Å². The van der Waals surface area contributed by atoms with E-state index in [1.807, 2.05) is 6.07 Å². The summed E-state index contributed by atoms with van der Waals surface area (Å²) < 4.78 is 17.1. The van der Waals surface area contributed by atoms with Crippen molar-refractivity contribution < 1.29 is 23.8 Å². The van der Waals surface area contributed by atoms with Crippen LogP contribution < -0.4 is 24.4 Å². The van der Waals surface area contributed by atoms with Gasteiger partial charge < -0.3 is 24.4 Å². The van der Waals surface area contributed by atoms with Crippen molar-refractivity contribution in [3.8, 4) is 17.2 Å². The van der Waals surface area contributed by atoms with Crippen molar-refractivity contribution in [2.24, 2.45) is 0 Å². The van der Waals surface area contributed by atoms with Gasteiger partial charge in [0.25, 0.3) is 11.8 Å². The summed E-state index contributed by atoms with van der Waals surface area (Å²) in [5, 5.41) is 2.87. The number of nitrogens with zero attached hydrogens (tertiary/aromatic N) is 1. The average Bonchev–Trinajstić information content (AvgIpc) is 2.97. The van der Waals surface area contributed by atoms with Gasteiger partial charge in [-0.05, 0) is 24.3 Å². The quantitative estimate of drug-likeness (QED) is 0.835. The van der Waals surface area contributed by atoms with Gasteiger partial charge in [-0.1, -0.05) is 23.7 Å². The molecule has 0 radical (unpaired) electrons. The number of nitrogens with one attached hydrogen (secondary N) is 1. The van der Waals surface area contributed by atoms with E-state index < -0.39 is 6.10 Å². The van der Waals surface area contributed by atoms with Gasteiger partial charge in [0.15, 0.2) is 17.6 Å². The molecular formula is C20H19ClN2O5. The first-order chi connectivity index (χ1) is 13.6. The number of ether oxygens (including phenoxy) is 3. The Morgan fingerprint density at radius 3 is 2.75 bits per heavy atom. The van der Waals surface area contributed by atoms with Crippen LogP contribution >= 0.6 is 11.6 Å². The van der Waals surface area contributed by atoms with Gasteiger partial charge in [-0.2, -0.15) is 0 Å². The molecule has 2 aliphatic rings. The van der Waals surface area contributed by atoms with E-state index in [0.29, 0.717) is 46.7 Å². The molecule has 0 aromatic heterocycles. The largest absolute Gasteiger partial charge is 0.489 e. The maximum atomic E-state index is 13.3. The second kappa shape index (κ2) is 7.59. The van der Waals surface area contributed by atoms with E-state index in [1.54, 1.807) is 30.3 Å². The van der Waals surface area contributed by atoms with E-state index >= 15 is 0 Å². The molecule has 2 aliphatic heterocycles. The predicted octanol–water partition coefficient (Wildman–Crippen LogP) is 2.66. The third kappa shape index (κ3) is 3.33. The molecule has 4 rings (SSSR count). The molecule has 0 saturated heterocycles. The van der Waals surface area contributed by atoms with Gasteiger partial charge in [0.1, 0.15) is 5.75 Å². The number of likely N-dealkylation sites (N-methyl/N-ethyl adjacent to an activating group) is 1. The van der Waals surface area contributed by atoms with Gasteiger partial charge in [0.2, 0.25) is 0 Å². The smallest absolute Gasteiger partial charge is 0.262 e. The normalized spacial score (nSPS) is 17.8. The first-order valence-electron chi connectivity index (χ1n) is 8.97. The lowest BCUT2D eigenvalue weighted by molar-refractivity contribution is -0.127. The second-order valence-electron chi connectivity index (χ2n) is 6.44. The van der Waals surface area contributed by atoms with E-state index in [2.05, 4.69) is 5.32 Å². The van der Waals surface area contributed by atoms with Crippen LogP contribution in [-0.2, 0) is 4.79 Å². The van der Waals surface area contributed by atoms with Crippen molar-refractivity contribution in [1.29, 1.82) is 0 Å². The number of benzene rings is 2. The van der Waals surface area contributed by atoms with E-state index in [4.69, 9.17) is 25.8 Å². The molecule has 146 valence electrons. The van der Waals surface area contributed by atoms with Crippen LogP contribution in [-0.4, -0.2) is 44.7 Å². The molecule has 0 fully saturated rings. The first kappa shape index (κ1) is 18.4. The lowest BCUT2D eigenvalue weighted by Crippen LogP contribution is -2.50. The van der Waals surface area contributed by atoms with E-state index in [-0.39, 0.29) is 18.4 Å². The highest BCUT2D eigenvalue weighted by atomic mass is 35.5. The molecule has 8 heteroatoms. The highest BCUT2D eigenvalue weighted by molar-refractivity contribution is 6.33. The molecule has 1 N–H and O–H groups in total. The van der Waals surface area contributed by atoms with Gasteiger partial charge in [-0.25, -0.2) is 0 Å². The van der Waals surface area contributed by atoms with Crippen molar-refractivity contribution >= 4 is 29.1 Å². The average molecular weight is 403 g/mol. The summed E-state index contributed by atoms with van der Waals surface area (Å²) in [6.07, 6.45) is -0.0707. The molecule has 2 aromatic carbocycles. The van der Waals surface area contributed by atoms with Crippen molar-refractivity contribution in [1.82, 2.24) is 5.32 Å². The summed E-state index contributed by atoms with van der Waals surface area (Å²) in [5.41, 5.74) is 0.942. The molecule has 28 heavy (non-hydrogen) atoms. The Morgan fingerprint density at radius 2 is 1.93 bits per heavy atom. The number of hydrogen-bond donors (Lipinski definition) is 1. The highest BCUT2D eigenvalue weighted by Crippen LogP contribution is 2.40. The minimum Gasteiger partial charge on any atom is -0.489 e. The van der Waals surface area contributed by atoms with Gasteiger partial charge in [-0.15, -0.1) is 0 Å². The fourth-order valence-corrected chi connectivity index (χ4v) is 3.50. The van der Waals surface area contributed by atoms with Crippen molar-refractivity contribution in [2.75, 3.05) is 31.7 Å². The zero-order valence-corrected chi connectivity index (χ0v) is 16.0. The van der Waals surface area contributed by atoms with E-state index in [9.17, 15) is 9.59 Å². The number of carbonyl (C=O) groups excluding carboxylic acids is 2. The van der Waals surface area contributed by atoms with Crippen LogP contribution in [0.2, 0.25) is 5.02 Å². The molecule has 2 aromatic rings. The second-order valence-corrected chi connectivity index (χ2v) is 6.85. The zero-order chi connectivity index (χ0) is 19.7. The van der Waals surface area contributed by atoms with Crippen LogP contribution in [0, 0.1) is 0 Å². The van der Waals surface area contributed by atoms with Crippen LogP contribution in [0.4, 0.5) is 5.69 Å². The summed E-state index contributed by atoms with van der Waals surface area (Å²) in [5.74, 6) is 0.751. The van der Waals surface area contributed by atoms with Crippen molar-refractivity contribution in [3.63, 3.8) is 0 Å². The Morgan fingerprint density at radius 1 is 1.14 bits per heavy atom. The van der Waals surface area contributed by atoms with Crippen LogP contribution in [0.15, 0.2) is 36.4 Å². The van der Waals surface area contributed by atoms with Crippen LogP contribution in [0.25, 0.3) is 0 Å². The summed E-state index contributed by atoms with van der Waals surface area (Å²) >= 11 is 6.34. The number of anilines is 1. The maximum absolute atomic E-state index is 13.3. The van der Waals surface area contributed by atoms with Crippen molar-refractivity contribution in [3.05, 3.63) is 47.0 Å². The Hall–Kier alpha value is -2.93. The Labute approximate surface area is 167 Å². The minimum absolute atomic E-state index is 0.0849. The molecule has 1 atom stereocenters. The van der Waals surface area contributed by atoms with Crippen LogP contribution in [0.3, 0.4) is 0 Å². The molecule has 0 aliphatic carbocycles. The van der Waals surface area contributed by atoms with Gasteiger partial charge in [0.05, 0.1) is 30.5 Å². The topological polar surface area (TPSA) is 77.1 Å². The fourth-order valence-electron chi connectivity index (χ4n) is 3.23. The third-order valence-electron chi connectivity index (χ3n) is 4.61. The van der Waals surface area contributed by atoms with E-state index in [0.717, 1.165) is 6.42 Å². The lowest BCUT2D eigenvalue weighted by atomic mass is 10.1. The molecule has 2 amide bonds. The molecular weight excluding hydrogens is 384 g/mol. The number of carbonyl (C=O) groups is 2. The number of hydrogen-bond acceptors (Lipinski definition) is 5. The minimum atomic E-state index is -0.806. The molecule has 7 nitrogen and oxygen atoms in total. The monoisotopic (exact) mass is 402 g/mol. The first-order valence-corrected chi connectivity index (χ1v) is 9.34. The van der Waals surface area contributed by atoms with Crippen molar-refractivity contribution in [2.45, 2.75) is 12.5 Å². The fraction of sp³-hybridized carbons (Fsp3) is 0.300. The molecule has 0 bridgehead atoms. The highest BCUT2D eigenvalue weighted by Gasteiger charge is 2.34. The number of fused-ring (bicyclic) bond motifs is 2. The summed E-state index contributed by atoms with van der Waals surface area (Å²) in [4.78, 5) is 27.0. The molecule has 0 spiro atoms. The Bertz CT molecular complexity index is 933. The number of para-hydroxylation sites is 2. The number of amides is 2. The standard InChI is InChI=1S/C20H19ClN2O5/c1-22-19(24)17-11-23(14-5-2-3-6-15(14)28-17)20(25)12-9-13(21)18-16(10-12)26-7-4-8-27-18/h2-3,5-6,9-10,17H,4,7-8,11H2,1H3,(H,22,24)/t17-/m0/s1. The Kier molecular flexibility index (Phi) is 5.00. The van der Waals surface area contributed by atoms with Gasteiger partial charge in [-0.3, -0.25) is 9.59 Å². The van der Waals surface area contributed by atoms with Crippen LogP contribution in [0.5, 0.6) is 17.2 Å². The molecule has 2 heterocycles. The lowest BCUT2D eigenvalue weighted by Gasteiger charge is -2.34. The maximum Gasteiger partial charge on any atom is 0.262 e. The number of rotatable bonds is 2. The third-order valence-corrected chi connectivity index (χ3v) is 4.89. The zero-order valence-electron chi connectivity index (χ0n) is 15.2. The SMILES string of the molecule is CNC(=O)[C@@H]1CN(C(=O)c2cc(Cl)c3c(c2)OCCCO3)c2ccccc2O1. The Balaban J connectivity index is 1.72. The van der Waals surface area contributed by atoms with Crippen LogP contribution in [0.1, 0.15) is 16.8 Å². The molecule has 0 saturated carbocycles. The van der Waals surface area contributed by atoms with Gasteiger partial charge >= 0.3 is 0 Å². The summed E-state index contributed by atoms with van der Waals surface area (Å²) in [6.45, 7) is 1.08.